The smallest absolute Gasteiger partial charge is 0.257 e. The summed E-state index contributed by atoms with van der Waals surface area (Å²) in [5.74, 6) is 0.239. The van der Waals surface area contributed by atoms with Crippen molar-refractivity contribution < 1.29 is 9.21 Å². The third-order valence-corrected chi connectivity index (χ3v) is 4.22. The van der Waals surface area contributed by atoms with Gasteiger partial charge in [-0.15, -0.1) is 0 Å². The number of anilines is 1. The van der Waals surface area contributed by atoms with Crippen molar-refractivity contribution in [2.45, 2.75) is 5.22 Å². The van der Waals surface area contributed by atoms with E-state index in [9.17, 15) is 4.79 Å². The molecule has 1 amide bonds. The molecule has 0 aliphatic heterocycles. The van der Waals surface area contributed by atoms with Gasteiger partial charge in [0.15, 0.2) is 5.58 Å². The standard InChI is InChI=1S/C16H13ClN2O2S/c1-19(12-5-3-2-4-6-12)15(20)10-22-16-18-13-8-7-11(17)9-14(13)21-16/h2-9H,10H2,1H3. The lowest BCUT2D eigenvalue weighted by Crippen LogP contribution is -2.27. The summed E-state index contributed by atoms with van der Waals surface area (Å²) >= 11 is 7.18. The number of para-hydroxylation sites is 1. The molecule has 0 N–H and O–H groups in total. The van der Waals surface area contributed by atoms with E-state index in [1.54, 1.807) is 30.1 Å². The number of hydrogen-bond donors (Lipinski definition) is 0. The van der Waals surface area contributed by atoms with Gasteiger partial charge in [-0.3, -0.25) is 4.79 Å². The van der Waals surface area contributed by atoms with Crippen LogP contribution in [0.25, 0.3) is 11.1 Å². The maximum atomic E-state index is 12.2. The van der Waals surface area contributed by atoms with Crippen molar-refractivity contribution in [1.29, 1.82) is 0 Å². The number of carbonyl (C=O) groups is 1. The fraction of sp³-hybridized carbons (Fsp3) is 0.125. The molecule has 0 aliphatic carbocycles. The summed E-state index contributed by atoms with van der Waals surface area (Å²) in [6, 6.07) is 14.8. The Labute approximate surface area is 137 Å². The zero-order valence-electron chi connectivity index (χ0n) is 11.8. The van der Waals surface area contributed by atoms with Crippen molar-refractivity contribution in [1.82, 2.24) is 4.98 Å². The van der Waals surface area contributed by atoms with E-state index in [4.69, 9.17) is 16.0 Å². The van der Waals surface area contributed by atoms with Gasteiger partial charge in [-0.1, -0.05) is 41.6 Å². The second kappa shape index (κ2) is 6.42. The minimum atomic E-state index is -0.0171. The van der Waals surface area contributed by atoms with Gasteiger partial charge < -0.3 is 9.32 Å². The normalized spacial score (nSPS) is 10.8. The molecule has 3 rings (SSSR count). The van der Waals surface area contributed by atoms with Crippen LogP contribution < -0.4 is 4.90 Å². The third-order valence-electron chi connectivity index (χ3n) is 3.17. The SMILES string of the molecule is CN(C(=O)CSc1nc2ccc(Cl)cc2o1)c1ccccc1. The van der Waals surface area contributed by atoms with Crippen LogP contribution in [0.4, 0.5) is 5.69 Å². The number of carbonyl (C=O) groups excluding carboxylic acids is 1. The summed E-state index contributed by atoms with van der Waals surface area (Å²) in [5.41, 5.74) is 2.21. The first-order valence-corrected chi connectivity index (χ1v) is 8.00. The molecule has 4 nitrogen and oxygen atoms in total. The highest BCUT2D eigenvalue weighted by Crippen LogP contribution is 2.26. The molecule has 0 atom stereocenters. The van der Waals surface area contributed by atoms with Crippen LogP contribution in [0, 0.1) is 0 Å². The van der Waals surface area contributed by atoms with Crippen molar-refractivity contribution in [2.75, 3.05) is 17.7 Å². The summed E-state index contributed by atoms with van der Waals surface area (Å²) in [6.07, 6.45) is 0. The summed E-state index contributed by atoms with van der Waals surface area (Å²) in [7, 11) is 1.75. The predicted octanol–water partition coefficient (Wildman–Crippen LogP) is 4.24. The van der Waals surface area contributed by atoms with Crippen molar-refractivity contribution in [3.8, 4) is 0 Å². The molecule has 0 aliphatic rings. The van der Waals surface area contributed by atoms with E-state index in [2.05, 4.69) is 4.98 Å². The number of thioether (sulfide) groups is 1. The topological polar surface area (TPSA) is 46.3 Å². The molecule has 0 radical (unpaired) electrons. The van der Waals surface area contributed by atoms with Crippen LogP contribution in [0.2, 0.25) is 5.02 Å². The molecule has 0 bridgehead atoms. The molecule has 0 saturated heterocycles. The molecule has 0 fully saturated rings. The molecule has 1 heterocycles. The average Bonchev–Trinajstić information content (AvgIpc) is 2.94. The zero-order valence-corrected chi connectivity index (χ0v) is 13.4. The van der Waals surface area contributed by atoms with Crippen molar-refractivity contribution in [3.63, 3.8) is 0 Å². The number of benzene rings is 2. The Kier molecular flexibility index (Phi) is 4.36. The van der Waals surface area contributed by atoms with Crippen LogP contribution in [0.3, 0.4) is 0 Å². The van der Waals surface area contributed by atoms with Crippen LogP contribution in [0.15, 0.2) is 58.2 Å². The molecule has 112 valence electrons. The highest BCUT2D eigenvalue weighted by Gasteiger charge is 2.14. The summed E-state index contributed by atoms with van der Waals surface area (Å²) in [5, 5.41) is 1.06. The zero-order chi connectivity index (χ0) is 15.5. The number of aromatic nitrogens is 1. The predicted molar refractivity (Wildman–Crippen MR) is 89.6 cm³/mol. The fourth-order valence-electron chi connectivity index (χ4n) is 1.95. The Hall–Kier alpha value is -1.98. The molecule has 6 heteroatoms. The van der Waals surface area contributed by atoms with Gasteiger partial charge in [-0.25, -0.2) is 4.98 Å². The van der Waals surface area contributed by atoms with Gasteiger partial charge in [0.05, 0.1) is 5.75 Å². The second-order valence-corrected chi connectivity index (χ2v) is 6.03. The van der Waals surface area contributed by atoms with Crippen LogP contribution in [0.1, 0.15) is 0 Å². The molecule has 0 saturated carbocycles. The highest BCUT2D eigenvalue weighted by atomic mass is 35.5. The van der Waals surface area contributed by atoms with E-state index in [1.165, 1.54) is 11.8 Å². The van der Waals surface area contributed by atoms with Gasteiger partial charge in [0.25, 0.3) is 5.22 Å². The third kappa shape index (κ3) is 3.26. The molecular weight excluding hydrogens is 320 g/mol. The summed E-state index contributed by atoms with van der Waals surface area (Å²) < 4.78 is 5.58. The van der Waals surface area contributed by atoms with Crippen LogP contribution >= 0.6 is 23.4 Å². The Balaban J connectivity index is 1.67. The molecule has 1 aromatic heterocycles. The molecule has 22 heavy (non-hydrogen) atoms. The number of hydrogen-bond acceptors (Lipinski definition) is 4. The largest absolute Gasteiger partial charge is 0.431 e. The quantitative estimate of drug-likeness (QED) is 0.670. The molecule has 3 aromatic rings. The van der Waals surface area contributed by atoms with E-state index in [0.717, 1.165) is 11.2 Å². The first kappa shape index (κ1) is 14.9. The lowest BCUT2D eigenvalue weighted by Gasteiger charge is -2.16. The van der Waals surface area contributed by atoms with Crippen molar-refractivity contribution in [2.24, 2.45) is 0 Å². The summed E-state index contributed by atoms with van der Waals surface area (Å²) in [6.45, 7) is 0. The van der Waals surface area contributed by atoms with E-state index in [0.29, 0.717) is 15.8 Å². The monoisotopic (exact) mass is 332 g/mol. The minimum absolute atomic E-state index is 0.0171. The Morgan fingerprint density at radius 1 is 1.27 bits per heavy atom. The Morgan fingerprint density at radius 3 is 2.82 bits per heavy atom. The van der Waals surface area contributed by atoms with Gasteiger partial charge >= 0.3 is 0 Å². The van der Waals surface area contributed by atoms with Crippen LogP contribution in [0.5, 0.6) is 0 Å². The number of amides is 1. The van der Waals surface area contributed by atoms with Crippen LogP contribution in [-0.2, 0) is 4.79 Å². The van der Waals surface area contributed by atoms with Gasteiger partial charge in [-0.2, -0.15) is 0 Å². The molecule has 0 unspecified atom stereocenters. The van der Waals surface area contributed by atoms with E-state index >= 15 is 0 Å². The molecular formula is C16H13ClN2O2S. The van der Waals surface area contributed by atoms with Crippen LogP contribution in [-0.4, -0.2) is 23.7 Å². The Bertz CT molecular complexity index is 804. The number of oxazole rings is 1. The van der Waals surface area contributed by atoms with Crippen molar-refractivity contribution >= 4 is 46.1 Å². The first-order valence-electron chi connectivity index (χ1n) is 6.64. The maximum absolute atomic E-state index is 12.2. The summed E-state index contributed by atoms with van der Waals surface area (Å²) in [4.78, 5) is 18.1. The van der Waals surface area contributed by atoms with Gasteiger partial charge in [0.1, 0.15) is 5.52 Å². The average molecular weight is 333 g/mol. The highest BCUT2D eigenvalue weighted by molar-refractivity contribution is 7.99. The van der Waals surface area contributed by atoms with Gasteiger partial charge in [0.2, 0.25) is 5.91 Å². The minimum Gasteiger partial charge on any atom is -0.431 e. The number of nitrogens with zero attached hydrogens (tertiary/aromatic N) is 2. The second-order valence-electron chi connectivity index (χ2n) is 4.67. The number of halogens is 1. The van der Waals surface area contributed by atoms with E-state index < -0.39 is 0 Å². The van der Waals surface area contributed by atoms with Gasteiger partial charge in [-0.05, 0) is 24.3 Å². The maximum Gasteiger partial charge on any atom is 0.257 e. The molecule has 0 spiro atoms. The van der Waals surface area contributed by atoms with E-state index in [1.807, 2.05) is 30.3 Å². The molecule has 2 aromatic carbocycles. The van der Waals surface area contributed by atoms with E-state index in [-0.39, 0.29) is 11.7 Å². The number of rotatable bonds is 4. The lowest BCUT2D eigenvalue weighted by molar-refractivity contribution is -0.115. The number of fused-ring (bicyclic) bond motifs is 1. The van der Waals surface area contributed by atoms with Gasteiger partial charge in [0, 0.05) is 23.8 Å². The lowest BCUT2D eigenvalue weighted by atomic mass is 10.3. The fourth-order valence-corrected chi connectivity index (χ4v) is 2.87. The Morgan fingerprint density at radius 2 is 2.05 bits per heavy atom. The van der Waals surface area contributed by atoms with Crippen molar-refractivity contribution in [3.05, 3.63) is 53.6 Å². The first-order chi connectivity index (χ1) is 10.6.